The van der Waals surface area contributed by atoms with Crippen LogP contribution < -0.4 is 0 Å². The van der Waals surface area contributed by atoms with E-state index in [0.717, 1.165) is 45.2 Å². The number of urea groups is 1. The SMILES string of the molecule is CCC1CCN(C(=O)N2CCN(C(C)CC)CC2)CC1. The van der Waals surface area contributed by atoms with E-state index in [4.69, 9.17) is 0 Å². The molecular formula is C16H31N3O. The van der Waals surface area contributed by atoms with Crippen LogP contribution in [0.15, 0.2) is 0 Å². The number of piperidine rings is 1. The molecule has 0 N–H and O–H groups in total. The fourth-order valence-corrected chi connectivity index (χ4v) is 3.34. The minimum absolute atomic E-state index is 0.281. The highest BCUT2D eigenvalue weighted by atomic mass is 16.2. The normalized spacial score (nSPS) is 23.9. The molecular weight excluding hydrogens is 250 g/mol. The molecule has 2 heterocycles. The third kappa shape index (κ3) is 3.66. The van der Waals surface area contributed by atoms with Crippen molar-refractivity contribution < 1.29 is 4.79 Å². The van der Waals surface area contributed by atoms with E-state index in [-0.39, 0.29) is 6.03 Å². The summed E-state index contributed by atoms with van der Waals surface area (Å²) in [6, 6.07) is 0.927. The number of likely N-dealkylation sites (tertiary alicyclic amines) is 1. The van der Waals surface area contributed by atoms with E-state index < -0.39 is 0 Å². The molecule has 2 saturated heterocycles. The molecule has 2 aliphatic heterocycles. The number of carbonyl (C=O) groups is 1. The highest BCUT2D eigenvalue weighted by Gasteiger charge is 2.28. The largest absolute Gasteiger partial charge is 0.325 e. The summed E-state index contributed by atoms with van der Waals surface area (Å²) >= 11 is 0. The van der Waals surface area contributed by atoms with Gasteiger partial charge in [0.25, 0.3) is 0 Å². The summed E-state index contributed by atoms with van der Waals surface area (Å²) < 4.78 is 0. The Morgan fingerprint density at radius 3 is 2.05 bits per heavy atom. The number of amides is 2. The van der Waals surface area contributed by atoms with Gasteiger partial charge in [0, 0.05) is 45.3 Å². The topological polar surface area (TPSA) is 26.8 Å². The Hall–Kier alpha value is -0.770. The number of piperazine rings is 1. The lowest BCUT2D eigenvalue weighted by molar-refractivity contribution is 0.0858. The highest BCUT2D eigenvalue weighted by molar-refractivity contribution is 5.74. The quantitative estimate of drug-likeness (QED) is 0.795. The molecule has 0 aromatic rings. The average Bonchev–Trinajstić information content (AvgIpc) is 2.53. The molecule has 0 aromatic heterocycles. The van der Waals surface area contributed by atoms with Gasteiger partial charge in [0.2, 0.25) is 0 Å². The average molecular weight is 281 g/mol. The molecule has 0 spiro atoms. The molecule has 4 nitrogen and oxygen atoms in total. The van der Waals surface area contributed by atoms with E-state index in [2.05, 4.69) is 35.5 Å². The smallest absolute Gasteiger partial charge is 0.320 e. The molecule has 2 amide bonds. The number of hydrogen-bond acceptors (Lipinski definition) is 2. The van der Waals surface area contributed by atoms with Gasteiger partial charge in [0.05, 0.1) is 0 Å². The predicted molar refractivity (Wildman–Crippen MR) is 82.9 cm³/mol. The molecule has 4 heteroatoms. The van der Waals surface area contributed by atoms with Crippen LogP contribution in [-0.4, -0.2) is 66.0 Å². The van der Waals surface area contributed by atoms with Gasteiger partial charge in [-0.15, -0.1) is 0 Å². The second kappa shape index (κ2) is 7.30. The molecule has 1 atom stereocenters. The van der Waals surface area contributed by atoms with Gasteiger partial charge >= 0.3 is 6.03 Å². The van der Waals surface area contributed by atoms with Crippen LogP contribution in [0.4, 0.5) is 4.79 Å². The number of hydrogen-bond donors (Lipinski definition) is 0. The molecule has 116 valence electrons. The Bertz CT molecular complexity index is 305. The maximum absolute atomic E-state index is 12.5. The minimum atomic E-state index is 0.281. The van der Waals surface area contributed by atoms with Crippen LogP contribution in [0.25, 0.3) is 0 Å². The number of carbonyl (C=O) groups excluding carboxylic acids is 1. The summed E-state index contributed by atoms with van der Waals surface area (Å²) in [5.74, 6) is 0.835. The first kappa shape index (κ1) is 15.6. The standard InChI is InChI=1S/C16H31N3O/c1-4-14(3)17-10-12-19(13-11-17)16(20)18-8-6-15(5-2)7-9-18/h14-15H,4-13H2,1-3H3. The third-order valence-electron chi connectivity index (χ3n) is 5.26. The van der Waals surface area contributed by atoms with Crippen molar-refractivity contribution in [2.75, 3.05) is 39.3 Å². The van der Waals surface area contributed by atoms with Crippen molar-refractivity contribution in [3.63, 3.8) is 0 Å². The van der Waals surface area contributed by atoms with Gasteiger partial charge in [-0.3, -0.25) is 4.90 Å². The predicted octanol–water partition coefficient (Wildman–Crippen LogP) is 2.64. The van der Waals surface area contributed by atoms with Crippen LogP contribution in [0.5, 0.6) is 0 Å². The monoisotopic (exact) mass is 281 g/mol. The van der Waals surface area contributed by atoms with Gasteiger partial charge in [-0.05, 0) is 32.1 Å². The van der Waals surface area contributed by atoms with Crippen LogP contribution in [0.2, 0.25) is 0 Å². The first-order chi connectivity index (χ1) is 9.65. The Balaban J connectivity index is 1.77. The fourth-order valence-electron chi connectivity index (χ4n) is 3.34. The van der Waals surface area contributed by atoms with Gasteiger partial charge in [0.15, 0.2) is 0 Å². The van der Waals surface area contributed by atoms with Gasteiger partial charge in [-0.2, -0.15) is 0 Å². The lowest BCUT2D eigenvalue weighted by atomic mass is 9.95. The molecule has 20 heavy (non-hydrogen) atoms. The van der Waals surface area contributed by atoms with E-state index in [1.54, 1.807) is 0 Å². The molecule has 2 rings (SSSR count). The van der Waals surface area contributed by atoms with Gasteiger partial charge in [0.1, 0.15) is 0 Å². The summed E-state index contributed by atoms with van der Waals surface area (Å²) in [5.41, 5.74) is 0. The molecule has 2 fully saturated rings. The molecule has 0 radical (unpaired) electrons. The van der Waals surface area contributed by atoms with Crippen molar-refractivity contribution in [3.05, 3.63) is 0 Å². The Labute approximate surface area is 124 Å². The van der Waals surface area contributed by atoms with E-state index >= 15 is 0 Å². The Morgan fingerprint density at radius 2 is 1.55 bits per heavy atom. The first-order valence-corrected chi connectivity index (χ1v) is 8.43. The van der Waals surface area contributed by atoms with Crippen LogP contribution in [0, 0.1) is 5.92 Å². The molecule has 0 aliphatic carbocycles. The van der Waals surface area contributed by atoms with Crippen molar-refractivity contribution in [1.82, 2.24) is 14.7 Å². The van der Waals surface area contributed by atoms with E-state index in [0.29, 0.717) is 6.04 Å². The van der Waals surface area contributed by atoms with Crippen LogP contribution in [-0.2, 0) is 0 Å². The zero-order chi connectivity index (χ0) is 14.5. The van der Waals surface area contributed by atoms with Crippen molar-refractivity contribution in [2.45, 2.75) is 52.5 Å². The van der Waals surface area contributed by atoms with Crippen LogP contribution >= 0.6 is 0 Å². The zero-order valence-corrected chi connectivity index (χ0v) is 13.5. The van der Waals surface area contributed by atoms with E-state index in [1.165, 1.54) is 25.7 Å². The van der Waals surface area contributed by atoms with Gasteiger partial charge in [-0.25, -0.2) is 4.79 Å². The molecule has 2 aliphatic rings. The summed E-state index contributed by atoms with van der Waals surface area (Å²) in [6.45, 7) is 12.6. The molecule has 1 unspecified atom stereocenters. The first-order valence-electron chi connectivity index (χ1n) is 8.43. The summed E-state index contributed by atoms with van der Waals surface area (Å²) in [7, 11) is 0. The Morgan fingerprint density at radius 1 is 1.00 bits per heavy atom. The van der Waals surface area contributed by atoms with Crippen molar-refractivity contribution in [3.8, 4) is 0 Å². The minimum Gasteiger partial charge on any atom is -0.325 e. The van der Waals surface area contributed by atoms with E-state index in [9.17, 15) is 4.79 Å². The van der Waals surface area contributed by atoms with Gasteiger partial charge < -0.3 is 9.80 Å². The molecule has 0 aromatic carbocycles. The number of rotatable bonds is 3. The zero-order valence-electron chi connectivity index (χ0n) is 13.5. The maximum Gasteiger partial charge on any atom is 0.320 e. The second-order valence-corrected chi connectivity index (χ2v) is 6.40. The molecule has 0 saturated carbocycles. The van der Waals surface area contributed by atoms with Crippen LogP contribution in [0.1, 0.15) is 46.5 Å². The Kier molecular flexibility index (Phi) is 5.70. The summed E-state index contributed by atoms with van der Waals surface area (Å²) in [5, 5.41) is 0. The van der Waals surface area contributed by atoms with E-state index in [1.807, 2.05) is 0 Å². The van der Waals surface area contributed by atoms with Crippen molar-refractivity contribution in [2.24, 2.45) is 5.92 Å². The lowest BCUT2D eigenvalue weighted by Gasteiger charge is -2.41. The number of nitrogens with zero attached hydrogens (tertiary/aromatic N) is 3. The van der Waals surface area contributed by atoms with Gasteiger partial charge in [-0.1, -0.05) is 20.3 Å². The molecule has 0 bridgehead atoms. The maximum atomic E-state index is 12.5. The lowest BCUT2D eigenvalue weighted by Crippen LogP contribution is -2.55. The highest BCUT2D eigenvalue weighted by Crippen LogP contribution is 2.21. The third-order valence-corrected chi connectivity index (χ3v) is 5.26. The van der Waals surface area contributed by atoms with Crippen molar-refractivity contribution in [1.29, 1.82) is 0 Å². The summed E-state index contributed by atoms with van der Waals surface area (Å²) in [6.07, 6.45) is 4.83. The summed E-state index contributed by atoms with van der Waals surface area (Å²) in [4.78, 5) is 19.2. The van der Waals surface area contributed by atoms with Crippen molar-refractivity contribution >= 4 is 6.03 Å². The fraction of sp³-hybridized carbons (Fsp3) is 0.938. The second-order valence-electron chi connectivity index (χ2n) is 6.40. The van der Waals surface area contributed by atoms with Crippen LogP contribution in [0.3, 0.4) is 0 Å².